The molecule has 4 N–H and O–H groups in total. The Labute approximate surface area is 265 Å². The van der Waals surface area contributed by atoms with Crippen molar-refractivity contribution >= 4 is 35.0 Å². The Kier molecular flexibility index (Phi) is 12.9. The number of hydrogen-bond donors (Lipinski definition) is 3. The van der Waals surface area contributed by atoms with Crippen LogP contribution in [0.3, 0.4) is 0 Å². The van der Waals surface area contributed by atoms with E-state index in [1.54, 1.807) is 25.2 Å². The molecule has 0 spiro atoms. The second-order valence-corrected chi connectivity index (χ2v) is 13.8. The summed E-state index contributed by atoms with van der Waals surface area (Å²) in [6.45, 7) is 12.1. The van der Waals surface area contributed by atoms with E-state index in [0.29, 0.717) is 19.4 Å². The number of nitrogens with two attached hydrogens (primary N) is 1. The number of likely N-dealkylation sites (tertiary alicyclic amines) is 1. The average molecular weight is 628 g/mol. The molecule has 1 fully saturated rings. The minimum absolute atomic E-state index is 0.0832. The molecule has 242 valence electrons. The summed E-state index contributed by atoms with van der Waals surface area (Å²) in [7, 11) is 0. The topological polar surface area (TPSA) is 144 Å². The van der Waals surface area contributed by atoms with Crippen molar-refractivity contribution in [2.75, 3.05) is 13.1 Å². The average Bonchev–Trinajstić information content (AvgIpc) is 3.60. The molecule has 1 aromatic carbocycles. The third-order valence-corrected chi connectivity index (χ3v) is 8.78. The van der Waals surface area contributed by atoms with Crippen molar-refractivity contribution < 1.29 is 23.9 Å². The molecular formula is C33H49N5O5S. The zero-order valence-corrected chi connectivity index (χ0v) is 27.8. The van der Waals surface area contributed by atoms with E-state index >= 15 is 0 Å². The van der Waals surface area contributed by atoms with Crippen LogP contribution in [-0.2, 0) is 30.5 Å². The summed E-state index contributed by atoms with van der Waals surface area (Å²) < 4.78 is 5.67. The van der Waals surface area contributed by atoms with Gasteiger partial charge in [0.05, 0.1) is 28.5 Å². The first kappa shape index (κ1) is 35.2. The van der Waals surface area contributed by atoms with Crippen LogP contribution in [0, 0.1) is 18.3 Å². The van der Waals surface area contributed by atoms with Gasteiger partial charge < -0.3 is 26.0 Å². The summed E-state index contributed by atoms with van der Waals surface area (Å²) in [5.41, 5.74) is 9.71. The third-order valence-electron chi connectivity index (χ3n) is 7.81. The number of carbonyl (C=O) groups excluding carboxylic acids is 4. The highest BCUT2D eigenvalue weighted by Gasteiger charge is 2.46. The lowest BCUT2D eigenvalue weighted by Crippen LogP contribution is -2.57. The molecule has 1 aliphatic heterocycles. The maximum absolute atomic E-state index is 14.0. The van der Waals surface area contributed by atoms with Crippen LogP contribution in [-0.4, -0.2) is 64.9 Å². The van der Waals surface area contributed by atoms with E-state index in [0.717, 1.165) is 41.0 Å². The fourth-order valence-electron chi connectivity index (χ4n) is 5.17. The number of aryl methyl sites for hydroxylation is 1. The number of unbranched alkanes of at least 4 members (excludes halogenated alkanes) is 3. The predicted octanol–water partition coefficient (Wildman–Crippen LogP) is 4.34. The zero-order valence-electron chi connectivity index (χ0n) is 27.0. The Hall–Kier alpha value is -3.31. The van der Waals surface area contributed by atoms with Gasteiger partial charge >= 0.3 is 5.97 Å². The Morgan fingerprint density at radius 3 is 2.36 bits per heavy atom. The van der Waals surface area contributed by atoms with Gasteiger partial charge in [0.25, 0.3) is 0 Å². The lowest BCUT2D eigenvalue weighted by atomic mass is 9.85. The normalized spacial score (nSPS) is 17.4. The smallest absolute Gasteiger partial charge is 0.308 e. The van der Waals surface area contributed by atoms with Crippen molar-refractivity contribution in [2.45, 2.75) is 105 Å². The number of hydrogen-bond acceptors (Lipinski definition) is 8. The Bertz CT molecular complexity index is 1270. The SMILES string of the molecule is Cc1ncsc1-c1ccc(CNC(=O)C2CC(OC(=O)C(C)C)CN2C(=O)C(NC(=O)CCCCCCN)C(C)(C)C)cc1. The molecule has 2 aromatic rings. The second kappa shape index (κ2) is 16.1. The van der Waals surface area contributed by atoms with Gasteiger partial charge in [-0.05, 0) is 42.9 Å². The molecule has 11 heteroatoms. The predicted molar refractivity (Wildman–Crippen MR) is 172 cm³/mol. The number of thiazole rings is 1. The molecule has 1 saturated heterocycles. The van der Waals surface area contributed by atoms with Crippen molar-refractivity contribution in [1.29, 1.82) is 0 Å². The first-order chi connectivity index (χ1) is 20.8. The van der Waals surface area contributed by atoms with Crippen LogP contribution < -0.4 is 16.4 Å². The standard InChI is InChI=1S/C33H49N5O5S/c1-21(2)32(42)43-25-17-26(30(40)35-18-23-12-14-24(15-13-23)28-22(3)36-20-44-28)38(19-25)31(41)29(33(4,5)6)37-27(39)11-9-7-8-10-16-34/h12-15,20-21,25-26,29H,7-11,16-19,34H2,1-6H3,(H,35,40)(H,37,39). The van der Waals surface area contributed by atoms with Gasteiger partial charge in [0.15, 0.2) is 0 Å². The van der Waals surface area contributed by atoms with Gasteiger partial charge in [-0.1, -0.05) is 71.7 Å². The molecule has 0 bridgehead atoms. The Balaban J connectivity index is 1.72. The number of rotatable bonds is 14. The number of aromatic nitrogens is 1. The molecule has 0 saturated carbocycles. The zero-order chi connectivity index (χ0) is 32.4. The molecular weight excluding hydrogens is 578 g/mol. The molecule has 10 nitrogen and oxygen atoms in total. The van der Waals surface area contributed by atoms with Gasteiger partial charge in [0.2, 0.25) is 17.7 Å². The van der Waals surface area contributed by atoms with E-state index in [-0.39, 0.29) is 49.1 Å². The number of benzene rings is 1. The minimum atomic E-state index is -0.850. The van der Waals surface area contributed by atoms with Crippen molar-refractivity contribution in [3.8, 4) is 10.4 Å². The molecule has 1 aliphatic rings. The summed E-state index contributed by atoms with van der Waals surface area (Å²) in [4.78, 5) is 59.8. The van der Waals surface area contributed by atoms with Gasteiger partial charge in [0.1, 0.15) is 18.2 Å². The van der Waals surface area contributed by atoms with E-state index in [1.165, 1.54) is 4.90 Å². The highest BCUT2D eigenvalue weighted by atomic mass is 32.1. The molecule has 3 rings (SSSR count). The van der Waals surface area contributed by atoms with E-state index in [9.17, 15) is 19.2 Å². The maximum atomic E-state index is 14.0. The molecule has 2 heterocycles. The van der Waals surface area contributed by atoms with Gasteiger partial charge in [-0.25, -0.2) is 4.98 Å². The van der Waals surface area contributed by atoms with Gasteiger partial charge in [-0.2, -0.15) is 0 Å². The van der Waals surface area contributed by atoms with Crippen molar-refractivity contribution in [1.82, 2.24) is 20.5 Å². The second-order valence-electron chi connectivity index (χ2n) is 13.0. The van der Waals surface area contributed by atoms with Crippen LogP contribution in [0.15, 0.2) is 29.8 Å². The fraction of sp³-hybridized carbons (Fsp3) is 0.606. The first-order valence-electron chi connectivity index (χ1n) is 15.6. The summed E-state index contributed by atoms with van der Waals surface area (Å²) in [6.07, 6.45) is 3.36. The van der Waals surface area contributed by atoms with E-state index in [2.05, 4.69) is 15.6 Å². The van der Waals surface area contributed by atoms with Gasteiger partial charge in [-0.15, -0.1) is 11.3 Å². The molecule has 1 aromatic heterocycles. The van der Waals surface area contributed by atoms with Crippen LogP contribution in [0.2, 0.25) is 0 Å². The number of ether oxygens (including phenoxy) is 1. The minimum Gasteiger partial charge on any atom is -0.460 e. The van der Waals surface area contributed by atoms with Crippen molar-refractivity contribution in [2.24, 2.45) is 17.1 Å². The first-order valence-corrected chi connectivity index (χ1v) is 16.5. The Morgan fingerprint density at radius 2 is 1.77 bits per heavy atom. The molecule has 44 heavy (non-hydrogen) atoms. The number of esters is 1. The highest BCUT2D eigenvalue weighted by molar-refractivity contribution is 7.13. The Morgan fingerprint density at radius 1 is 1.09 bits per heavy atom. The van der Waals surface area contributed by atoms with Crippen LogP contribution in [0.4, 0.5) is 0 Å². The van der Waals surface area contributed by atoms with Crippen LogP contribution in [0.25, 0.3) is 10.4 Å². The summed E-state index contributed by atoms with van der Waals surface area (Å²) in [5.74, 6) is -1.61. The number of nitrogens with one attached hydrogen (secondary N) is 2. The van der Waals surface area contributed by atoms with Crippen LogP contribution in [0.1, 0.15) is 84.4 Å². The number of carbonyl (C=O) groups is 4. The number of amides is 3. The molecule has 3 unspecified atom stereocenters. The summed E-state index contributed by atoms with van der Waals surface area (Å²) in [6, 6.07) is 6.23. The summed E-state index contributed by atoms with van der Waals surface area (Å²) >= 11 is 1.58. The van der Waals surface area contributed by atoms with Crippen molar-refractivity contribution in [3.05, 3.63) is 41.0 Å². The lowest BCUT2D eigenvalue weighted by molar-refractivity contribution is -0.153. The quantitative estimate of drug-likeness (QED) is 0.209. The largest absolute Gasteiger partial charge is 0.460 e. The summed E-state index contributed by atoms with van der Waals surface area (Å²) in [5, 5.41) is 5.91. The van der Waals surface area contributed by atoms with Crippen LogP contribution in [0.5, 0.6) is 0 Å². The van der Waals surface area contributed by atoms with E-state index in [1.807, 2.05) is 57.5 Å². The van der Waals surface area contributed by atoms with Gasteiger partial charge in [-0.3, -0.25) is 19.2 Å². The third kappa shape index (κ3) is 9.85. The van der Waals surface area contributed by atoms with E-state index in [4.69, 9.17) is 10.5 Å². The van der Waals surface area contributed by atoms with Gasteiger partial charge in [0, 0.05) is 19.4 Å². The molecule has 3 atom stereocenters. The molecule has 0 aliphatic carbocycles. The van der Waals surface area contributed by atoms with Crippen molar-refractivity contribution in [3.63, 3.8) is 0 Å². The maximum Gasteiger partial charge on any atom is 0.308 e. The fourth-order valence-corrected chi connectivity index (χ4v) is 5.98. The van der Waals surface area contributed by atoms with Crippen LogP contribution >= 0.6 is 11.3 Å². The lowest BCUT2D eigenvalue weighted by Gasteiger charge is -2.35. The molecule has 0 radical (unpaired) electrons. The monoisotopic (exact) mass is 627 g/mol. The molecule has 3 amide bonds. The number of nitrogens with zero attached hydrogens (tertiary/aromatic N) is 2. The van der Waals surface area contributed by atoms with E-state index < -0.39 is 23.6 Å². The highest BCUT2D eigenvalue weighted by Crippen LogP contribution is 2.29.